The minimum Gasteiger partial charge on any atom is -0.0622 e. The van der Waals surface area contributed by atoms with Crippen molar-refractivity contribution in [2.45, 2.75) is 38.0 Å². The topological polar surface area (TPSA) is 0 Å². The molecule has 0 saturated heterocycles. The van der Waals surface area contributed by atoms with Crippen LogP contribution in [0.4, 0.5) is 0 Å². The van der Waals surface area contributed by atoms with Gasteiger partial charge in [0.05, 0.1) is 0 Å². The Morgan fingerprint density at radius 3 is 2.29 bits per heavy atom. The van der Waals surface area contributed by atoms with Gasteiger partial charge in [-0.15, -0.1) is 0 Å². The third kappa shape index (κ3) is 2.67. The molecule has 0 aliphatic heterocycles. The molecule has 24 heavy (non-hydrogen) atoms. The summed E-state index contributed by atoms with van der Waals surface area (Å²) in [6.45, 7) is 2.17. The summed E-state index contributed by atoms with van der Waals surface area (Å²) in [6, 6.07) is 29.2. The van der Waals surface area contributed by atoms with Gasteiger partial charge in [0, 0.05) is 5.41 Å². The van der Waals surface area contributed by atoms with Gasteiger partial charge in [-0.25, -0.2) is 0 Å². The maximum absolute atomic E-state index is 2.35. The largest absolute Gasteiger partial charge is 0.0622 e. The summed E-state index contributed by atoms with van der Waals surface area (Å²) < 4.78 is 0. The molecule has 0 heterocycles. The van der Waals surface area contributed by atoms with Gasteiger partial charge in [0.2, 0.25) is 0 Å². The Labute approximate surface area is 145 Å². The Morgan fingerprint density at radius 2 is 1.50 bits per heavy atom. The maximum atomic E-state index is 2.35. The standard InChI is InChI=1S/C24H24/c1-19-11-13-22(14-12-19)24(17-15-20-7-3-2-4-8-20)18-16-21-9-5-6-10-23(21)24/h2-14H,15-18H2,1H3. The number of benzene rings is 3. The van der Waals surface area contributed by atoms with Crippen molar-refractivity contribution in [2.75, 3.05) is 0 Å². The van der Waals surface area contributed by atoms with Gasteiger partial charge in [-0.1, -0.05) is 84.4 Å². The SMILES string of the molecule is Cc1ccc(C2(CCc3ccccc3)CCc3ccccc32)cc1. The van der Waals surface area contributed by atoms with E-state index in [-0.39, 0.29) is 5.41 Å². The molecule has 1 unspecified atom stereocenters. The highest BCUT2D eigenvalue weighted by molar-refractivity contribution is 5.48. The minimum atomic E-state index is 0.167. The van der Waals surface area contributed by atoms with Gasteiger partial charge in [0.25, 0.3) is 0 Å². The zero-order valence-corrected chi connectivity index (χ0v) is 14.3. The number of fused-ring (bicyclic) bond motifs is 1. The molecule has 1 aliphatic rings. The first kappa shape index (κ1) is 15.2. The summed E-state index contributed by atoms with van der Waals surface area (Å²) >= 11 is 0. The summed E-state index contributed by atoms with van der Waals surface area (Å²) in [7, 11) is 0. The van der Waals surface area contributed by atoms with Crippen LogP contribution in [0.2, 0.25) is 0 Å². The van der Waals surface area contributed by atoms with Gasteiger partial charge < -0.3 is 0 Å². The monoisotopic (exact) mass is 312 g/mol. The van der Waals surface area contributed by atoms with E-state index in [0.29, 0.717) is 0 Å². The maximum Gasteiger partial charge on any atom is 0.0212 e. The van der Waals surface area contributed by atoms with Crippen LogP contribution >= 0.6 is 0 Å². The first-order chi connectivity index (χ1) is 11.8. The Kier molecular flexibility index (Phi) is 3.98. The summed E-state index contributed by atoms with van der Waals surface area (Å²) in [4.78, 5) is 0. The van der Waals surface area contributed by atoms with Crippen molar-refractivity contribution in [1.29, 1.82) is 0 Å². The van der Waals surface area contributed by atoms with Crippen LogP contribution in [0.3, 0.4) is 0 Å². The lowest BCUT2D eigenvalue weighted by molar-refractivity contribution is 0.469. The van der Waals surface area contributed by atoms with Crippen molar-refractivity contribution in [3.8, 4) is 0 Å². The molecule has 120 valence electrons. The van der Waals surface area contributed by atoms with E-state index in [2.05, 4.69) is 85.8 Å². The molecule has 0 radical (unpaired) electrons. The highest BCUT2D eigenvalue weighted by atomic mass is 14.4. The lowest BCUT2D eigenvalue weighted by Gasteiger charge is -2.32. The van der Waals surface area contributed by atoms with Crippen LogP contribution in [0.5, 0.6) is 0 Å². The third-order valence-electron chi connectivity index (χ3n) is 5.64. The molecule has 0 amide bonds. The van der Waals surface area contributed by atoms with Gasteiger partial charge in [0.1, 0.15) is 0 Å². The fourth-order valence-electron chi connectivity index (χ4n) is 4.27. The molecule has 0 bridgehead atoms. The third-order valence-corrected chi connectivity index (χ3v) is 5.64. The average molecular weight is 312 g/mol. The molecule has 0 fully saturated rings. The molecule has 1 aliphatic carbocycles. The smallest absolute Gasteiger partial charge is 0.0212 e. The van der Waals surface area contributed by atoms with E-state index in [4.69, 9.17) is 0 Å². The van der Waals surface area contributed by atoms with Crippen LogP contribution in [-0.2, 0) is 18.3 Å². The Hall–Kier alpha value is -2.34. The van der Waals surface area contributed by atoms with Gasteiger partial charge >= 0.3 is 0 Å². The summed E-state index contributed by atoms with van der Waals surface area (Å²) in [5, 5.41) is 0. The van der Waals surface area contributed by atoms with Gasteiger partial charge in [0.15, 0.2) is 0 Å². The van der Waals surface area contributed by atoms with Crippen molar-refractivity contribution < 1.29 is 0 Å². The molecule has 3 aromatic rings. The molecule has 0 spiro atoms. The number of rotatable bonds is 4. The molecule has 0 heteroatoms. The van der Waals surface area contributed by atoms with E-state index in [1.807, 2.05) is 0 Å². The van der Waals surface area contributed by atoms with E-state index in [0.717, 1.165) is 6.42 Å². The fourth-order valence-corrected chi connectivity index (χ4v) is 4.27. The predicted octanol–water partition coefficient (Wildman–Crippen LogP) is 5.86. The normalized spacial score (nSPS) is 19.2. The molecule has 0 N–H and O–H groups in total. The molecular weight excluding hydrogens is 288 g/mol. The molecular formula is C24H24. The van der Waals surface area contributed by atoms with Crippen LogP contribution in [0.15, 0.2) is 78.9 Å². The average Bonchev–Trinajstić information content (AvgIpc) is 3.02. The van der Waals surface area contributed by atoms with Gasteiger partial charge in [-0.3, -0.25) is 0 Å². The van der Waals surface area contributed by atoms with E-state index >= 15 is 0 Å². The fraction of sp³-hybridized carbons (Fsp3) is 0.250. The second-order valence-corrected chi connectivity index (χ2v) is 7.09. The van der Waals surface area contributed by atoms with Crippen LogP contribution in [-0.4, -0.2) is 0 Å². The van der Waals surface area contributed by atoms with Crippen LogP contribution < -0.4 is 0 Å². The summed E-state index contributed by atoms with van der Waals surface area (Å²) in [5.41, 5.74) is 7.50. The lowest BCUT2D eigenvalue weighted by atomic mass is 9.71. The van der Waals surface area contributed by atoms with E-state index < -0.39 is 0 Å². The van der Waals surface area contributed by atoms with Crippen molar-refractivity contribution >= 4 is 0 Å². The lowest BCUT2D eigenvalue weighted by Crippen LogP contribution is -2.25. The Balaban J connectivity index is 1.75. The molecule has 0 nitrogen and oxygen atoms in total. The van der Waals surface area contributed by atoms with Crippen molar-refractivity contribution in [3.05, 3.63) is 107 Å². The molecule has 0 saturated carbocycles. The van der Waals surface area contributed by atoms with Gasteiger partial charge in [-0.2, -0.15) is 0 Å². The van der Waals surface area contributed by atoms with E-state index in [9.17, 15) is 0 Å². The van der Waals surface area contributed by atoms with Gasteiger partial charge in [-0.05, 0) is 54.9 Å². The van der Waals surface area contributed by atoms with Crippen molar-refractivity contribution in [3.63, 3.8) is 0 Å². The second kappa shape index (κ2) is 6.28. The van der Waals surface area contributed by atoms with Crippen LogP contribution in [0, 0.1) is 6.92 Å². The predicted molar refractivity (Wildman–Crippen MR) is 101 cm³/mol. The zero-order chi connectivity index (χ0) is 16.4. The second-order valence-electron chi connectivity index (χ2n) is 7.09. The van der Waals surface area contributed by atoms with Crippen molar-refractivity contribution in [1.82, 2.24) is 0 Å². The summed E-state index contributed by atoms with van der Waals surface area (Å²) in [5.74, 6) is 0. The number of hydrogen-bond acceptors (Lipinski definition) is 0. The van der Waals surface area contributed by atoms with Crippen molar-refractivity contribution in [2.24, 2.45) is 0 Å². The molecule has 3 aromatic carbocycles. The molecule has 1 atom stereocenters. The summed E-state index contributed by atoms with van der Waals surface area (Å²) in [6.07, 6.45) is 4.72. The zero-order valence-electron chi connectivity index (χ0n) is 14.3. The molecule has 4 rings (SSSR count). The van der Waals surface area contributed by atoms with Crippen LogP contribution in [0.1, 0.15) is 40.7 Å². The highest BCUT2D eigenvalue weighted by Crippen LogP contribution is 2.47. The quantitative estimate of drug-likeness (QED) is 0.566. The number of aryl methyl sites for hydroxylation is 3. The van der Waals surface area contributed by atoms with E-state index in [1.54, 1.807) is 5.56 Å². The van der Waals surface area contributed by atoms with E-state index in [1.165, 1.54) is 41.5 Å². The Morgan fingerprint density at radius 1 is 0.792 bits per heavy atom. The first-order valence-corrected chi connectivity index (χ1v) is 8.97. The minimum absolute atomic E-state index is 0.167. The Bertz CT molecular complexity index is 814. The van der Waals surface area contributed by atoms with Crippen LogP contribution in [0.25, 0.3) is 0 Å². The molecule has 0 aromatic heterocycles. The highest BCUT2D eigenvalue weighted by Gasteiger charge is 2.39. The first-order valence-electron chi connectivity index (χ1n) is 8.97. The number of hydrogen-bond donors (Lipinski definition) is 0.